The van der Waals surface area contributed by atoms with Gasteiger partial charge in [0, 0.05) is 34.1 Å². The molecule has 0 aliphatic rings. The Balaban J connectivity index is 1.96. The van der Waals surface area contributed by atoms with Crippen molar-refractivity contribution in [2.75, 3.05) is 12.0 Å². The summed E-state index contributed by atoms with van der Waals surface area (Å²) in [7, 11) is 1.58. The highest BCUT2D eigenvalue weighted by Gasteiger charge is 2.27. The second-order valence-electron chi connectivity index (χ2n) is 6.79. The Kier molecular flexibility index (Phi) is 5.29. The lowest BCUT2D eigenvalue weighted by Crippen LogP contribution is -2.24. The van der Waals surface area contributed by atoms with Crippen LogP contribution in [0.3, 0.4) is 0 Å². The molecule has 150 valence electrons. The molecule has 0 atom stereocenters. The number of aromatic nitrogens is 1. The first-order valence-corrected chi connectivity index (χ1v) is 9.73. The normalized spacial score (nSPS) is 10.8. The third-order valence-corrected chi connectivity index (χ3v) is 5.10. The molecule has 0 saturated carbocycles. The molecule has 1 heterocycles. The molecule has 0 saturated heterocycles. The van der Waals surface area contributed by atoms with Crippen LogP contribution < -0.4 is 9.64 Å². The van der Waals surface area contributed by atoms with E-state index in [4.69, 9.17) is 16.3 Å². The number of ether oxygens (including phenoxy) is 1. The van der Waals surface area contributed by atoms with E-state index in [1.54, 1.807) is 67.8 Å². The molecule has 4 rings (SSSR count). The van der Waals surface area contributed by atoms with Crippen molar-refractivity contribution in [1.82, 2.24) is 4.98 Å². The number of rotatable bonds is 5. The van der Waals surface area contributed by atoms with Crippen LogP contribution in [0.2, 0.25) is 5.02 Å². The van der Waals surface area contributed by atoms with Gasteiger partial charge in [0.2, 0.25) is 11.7 Å². The molecule has 0 unspecified atom stereocenters. The van der Waals surface area contributed by atoms with Gasteiger partial charge in [0.15, 0.2) is 0 Å². The van der Waals surface area contributed by atoms with Gasteiger partial charge in [-0.3, -0.25) is 14.5 Å². The lowest BCUT2D eigenvalue weighted by molar-refractivity contribution is -0.115. The van der Waals surface area contributed by atoms with E-state index in [0.29, 0.717) is 38.9 Å². The van der Waals surface area contributed by atoms with Crippen molar-refractivity contribution in [3.05, 3.63) is 89.1 Å². The molecule has 1 N–H and O–H groups in total. The second-order valence-corrected chi connectivity index (χ2v) is 7.22. The predicted molar refractivity (Wildman–Crippen MR) is 119 cm³/mol. The molecule has 30 heavy (non-hydrogen) atoms. The zero-order chi connectivity index (χ0) is 21.3. The molecule has 0 spiro atoms. The van der Waals surface area contributed by atoms with E-state index in [0.717, 1.165) is 5.39 Å². The number of fused-ring (bicyclic) bond motifs is 1. The Hall–Kier alpha value is -3.57. The van der Waals surface area contributed by atoms with Crippen LogP contribution in [0, 0.1) is 0 Å². The third-order valence-electron chi connectivity index (χ3n) is 4.87. The summed E-state index contributed by atoms with van der Waals surface area (Å²) in [4.78, 5) is 30.8. The van der Waals surface area contributed by atoms with Gasteiger partial charge in [-0.15, -0.1) is 0 Å². The molecular formula is C24H19ClN2O3. The molecule has 5 nitrogen and oxygen atoms in total. The Morgan fingerprint density at radius 1 is 0.967 bits per heavy atom. The number of anilines is 2. The monoisotopic (exact) mass is 418 g/mol. The number of carbonyl (C=O) groups excluding carboxylic acids is 2. The van der Waals surface area contributed by atoms with Crippen molar-refractivity contribution in [3.8, 4) is 5.75 Å². The predicted octanol–water partition coefficient (Wildman–Crippen LogP) is 5.75. The summed E-state index contributed by atoms with van der Waals surface area (Å²) < 4.78 is 5.22. The van der Waals surface area contributed by atoms with Gasteiger partial charge in [-0.2, -0.15) is 0 Å². The molecule has 1 aromatic heterocycles. The molecule has 0 radical (unpaired) electrons. The molecule has 4 aromatic rings. The number of hydrogen-bond donors (Lipinski definition) is 1. The summed E-state index contributed by atoms with van der Waals surface area (Å²) in [6.07, 6.45) is 0. The summed E-state index contributed by atoms with van der Waals surface area (Å²) in [6.45, 7) is 1.47. The fourth-order valence-corrected chi connectivity index (χ4v) is 3.66. The Morgan fingerprint density at radius 2 is 1.67 bits per heavy atom. The number of amides is 1. The molecular weight excluding hydrogens is 400 g/mol. The van der Waals surface area contributed by atoms with Gasteiger partial charge in [-0.25, -0.2) is 0 Å². The van der Waals surface area contributed by atoms with Gasteiger partial charge >= 0.3 is 0 Å². The van der Waals surface area contributed by atoms with Gasteiger partial charge in [0.05, 0.1) is 12.8 Å². The van der Waals surface area contributed by atoms with E-state index in [1.165, 1.54) is 11.8 Å². The van der Waals surface area contributed by atoms with Gasteiger partial charge < -0.3 is 9.72 Å². The number of H-pyrrole nitrogens is 1. The maximum absolute atomic E-state index is 13.4. The fourth-order valence-electron chi connectivity index (χ4n) is 3.48. The van der Waals surface area contributed by atoms with E-state index in [9.17, 15) is 9.59 Å². The zero-order valence-corrected chi connectivity index (χ0v) is 17.2. The smallest absolute Gasteiger partial charge is 0.228 e. The van der Waals surface area contributed by atoms with Crippen molar-refractivity contribution in [2.45, 2.75) is 6.92 Å². The zero-order valence-electron chi connectivity index (χ0n) is 16.5. The van der Waals surface area contributed by atoms with E-state index in [-0.39, 0.29) is 11.7 Å². The highest BCUT2D eigenvalue weighted by atomic mass is 35.5. The maximum atomic E-state index is 13.4. The minimum absolute atomic E-state index is 0.210. The van der Waals surface area contributed by atoms with E-state index >= 15 is 0 Å². The number of nitrogens with one attached hydrogen (secondary N) is 1. The van der Waals surface area contributed by atoms with Crippen molar-refractivity contribution in [2.24, 2.45) is 0 Å². The van der Waals surface area contributed by atoms with Crippen LogP contribution in [0.25, 0.3) is 10.9 Å². The Morgan fingerprint density at radius 3 is 2.30 bits per heavy atom. The van der Waals surface area contributed by atoms with Crippen molar-refractivity contribution < 1.29 is 14.3 Å². The van der Waals surface area contributed by atoms with E-state index in [2.05, 4.69) is 4.98 Å². The molecule has 0 aliphatic carbocycles. The SMILES string of the molecule is COc1ccc(N(C(C)=O)c2c(C(=O)c3ccccc3)[nH]c3cc(Cl)ccc23)cc1. The maximum Gasteiger partial charge on any atom is 0.228 e. The molecule has 0 aliphatic heterocycles. The summed E-state index contributed by atoms with van der Waals surface area (Å²) in [5, 5.41) is 1.26. The number of hydrogen-bond acceptors (Lipinski definition) is 3. The lowest BCUT2D eigenvalue weighted by atomic mass is 10.1. The Bertz CT molecular complexity index is 1230. The van der Waals surface area contributed by atoms with Crippen LogP contribution in [0.1, 0.15) is 23.0 Å². The van der Waals surface area contributed by atoms with Crippen LogP contribution in [-0.4, -0.2) is 23.8 Å². The number of methoxy groups -OCH3 is 1. The lowest BCUT2D eigenvalue weighted by Gasteiger charge is -2.22. The van der Waals surface area contributed by atoms with Gasteiger partial charge in [-0.1, -0.05) is 41.9 Å². The van der Waals surface area contributed by atoms with E-state index < -0.39 is 0 Å². The second kappa shape index (κ2) is 8.05. The number of nitrogens with zero attached hydrogens (tertiary/aromatic N) is 1. The first-order chi connectivity index (χ1) is 14.5. The summed E-state index contributed by atoms with van der Waals surface area (Å²) >= 11 is 6.17. The summed E-state index contributed by atoms with van der Waals surface area (Å²) in [5.41, 5.74) is 2.64. The van der Waals surface area contributed by atoms with Crippen LogP contribution in [-0.2, 0) is 4.79 Å². The van der Waals surface area contributed by atoms with Crippen molar-refractivity contribution in [1.29, 1.82) is 0 Å². The van der Waals surface area contributed by atoms with Crippen LogP contribution in [0.4, 0.5) is 11.4 Å². The first kappa shape index (κ1) is 19.7. The number of ketones is 1. The molecule has 3 aromatic carbocycles. The number of carbonyl (C=O) groups is 2. The average molecular weight is 419 g/mol. The topological polar surface area (TPSA) is 62.4 Å². The largest absolute Gasteiger partial charge is 0.497 e. The van der Waals surface area contributed by atoms with E-state index in [1.807, 2.05) is 12.1 Å². The van der Waals surface area contributed by atoms with Gasteiger partial charge in [-0.05, 0) is 42.5 Å². The van der Waals surface area contributed by atoms with Crippen molar-refractivity contribution >= 4 is 45.6 Å². The molecule has 0 bridgehead atoms. The quantitative estimate of drug-likeness (QED) is 0.420. The molecule has 1 amide bonds. The van der Waals surface area contributed by atoms with Crippen LogP contribution in [0.5, 0.6) is 5.75 Å². The highest BCUT2D eigenvalue weighted by Crippen LogP contribution is 2.38. The minimum Gasteiger partial charge on any atom is -0.497 e. The fraction of sp³-hybridized carbons (Fsp3) is 0.0833. The highest BCUT2D eigenvalue weighted by molar-refractivity contribution is 6.31. The van der Waals surface area contributed by atoms with Gasteiger partial charge in [0.25, 0.3) is 0 Å². The van der Waals surface area contributed by atoms with Crippen molar-refractivity contribution in [3.63, 3.8) is 0 Å². The minimum atomic E-state index is -0.224. The molecule has 6 heteroatoms. The number of aromatic amines is 1. The average Bonchev–Trinajstić information content (AvgIpc) is 3.12. The van der Waals surface area contributed by atoms with Crippen LogP contribution in [0.15, 0.2) is 72.8 Å². The first-order valence-electron chi connectivity index (χ1n) is 9.35. The van der Waals surface area contributed by atoms with Crippen LogP contribution >= 0.6 is 11.6 Å². The standard InChI is InChI=1S/C24H19ClN2O3/c1-15(28)27(18-9-11-19(30-2)12-10-18)23-20-13-8-17(25)14-21(20)26-22(23)24(29)16-6-4-3-5-7-16/h3-14,26H,1-2H3. The summed E-state index contributed by atoms with van der Waals surface area (Å²) in [6, 6.07) is 21.4. The van der Waals surface area contributed by atoms with Gasteiger partial charge in [0.1, 0.15) is 11.4 Å². The third kappa shape index (κ3) is 3.55. The molecule has 0 fully saturated rings. The Labute approximate surface area is 178 Å². The number of benzene rings is 3. The number of halogens is 1. The summed E-state index contributed by atoms with van der Waals surface area (Å²) in [5.74, 6) is 0.240.